The molecule has 0 aromatic heterocycles. The van der Waals surface area contributed by atoms with Crippen LogP contribution in [0.4, 0.5) is 0 Å². The van der Waals surface area contributed by atoms with Gasteiger partial charge in [-0.1, -0.05) is 23.8 Å². The largest absolute Gasteiger partial charge is 0.378 e. The summed E-state index contributed by atoms with van der Waals surface area (Å²) in [5, 5.41) is 0. The summed E-state index contributed by atoms with van der Waals surface area (Å²) in [4.78, 5) is 0. The molecule has 0 spiro atoms. The lowest BCUT2D eigenvalue weighted by molar-refractivity contribution is 0.0995. The summed E-state index contributed by atoms with van der Waals surface area (Å²) in [5.74, 6) is 0.509. The van der Waals surface area contributed by atoms with Crippen LogP contribution in [0.1, 0.15) is 30.0 Å². The highest BCUT2D eigenvalue weighted by atomic mass is 16.5. The van der Waals surface area contributed by atoms with Gasteiger partial charge in [-0.25, -0.2) is 0 Å². The van der Waals surface area contributed by atoms with Crippen LogP contribution < -0.4 is 5.73 Å². The van der Waals surface area contributed by atoms with Crippen molar-refractivity contribution >= 4 is 0 Å². The summed E-state index contributed by atoms with van der Waals surface area (Å²) < 4.78 is 5.60. The second-order valence-corrected chi connectivity index (χ2v) is 5.33. The second kappa shape index (κ2) is 5.19. The van der Waals surface area contributed by atoms with Crippen molar-refractivity contribution in [3.63, 3.8) is 0 Å². The van der Waals surface area contributed by atoms with Crippen LogP contribution >= 0.6 is 0 Å². The van der Waals surface area contributed by atoms with E-state index in [1.165, 1.54) is 16.7 Å². The van der Waals surface area contributed by atoms with Crippen molar-refractivity contribution in [3.8, 4) is 0 Å². The van der Waals surface area contributed by atoms with Crippen LogP contribution in [0.25, 0.3) is 0 Å². The lowest BCUT2D eigenvalue weighted by Crippen LogP contribution is -2.36. The molecule has 0 saturated carbocycles. The van der Waals surface area contributed by atoms with Crippen molar-refractivity contribution in [1.82, 2.24) is 0 Å². The summed E-state index contributed by atoms with van der Waals surface area (Å²) in [6.07, 6.45) is 2.38. The molecule has 0 radical (unpaired) electrons. The summed E-state index contributed by atoms with van der Waals surface area (Å²) in [5.41, 5.74) is 10.4. The Balaban J connectivity index is 2.07. The number of ether oxygens (including phenoxy) is 1. The summed E-state index contributed by atoms with van der Waals surface area (Å²) >= 11 is 0. The smallest absolute Gasteiger partial charge is 0.0590 e. The zero-order valence-electron chi connectivity index (χ0n) is 11.1. The molecule has 1 saturated heterocycles. The van der Waals surface area contributed by atoms with Gasteiger partial charge in [-0.15, -0.1) is 0 Å². The minimum Gasteiger partial charge on any atom is -0.378 e. The van der Waals surface area contributed by atoms with Crippen molar-refractivity contribution in [1.29, 1.82) is 0 Å². The Morgan fingerprint density at radius 3 is 2.82 bits per heavy atom. The predicted octanol–water partition coefficient (Wildman–Crippen LogP) is 2.60. The molecule has 17 heavy (non-hydrogen) atoms. The minimum absolute atomic E-state index is 0.216. The van der Waals surface area contributed by atoms with Crippen molar-refractivity contribution in [3.05, 3.63) is 34.9 Å². The van der Waals surface area contributed by atoms with E-state index in [2.05, 4.69) is 39.0 Å². The Kier molecular flexibility index (Phi) is 3.85. The van der Waals surface area contributed by atoms with Gasteiger partial charge in [0.25, 0.3) is 0 Å². The van der Waals surface area contributed by atoms with Crippen LogP contribution in [-0.4, -0.2) is 18.8 Å². The van der Waals surface area contributed by atoms with Crippen molar-refractivity contribution < 1.29 is 4.74 Å². The number of aryl methyl sites for hydroxylation is 2. The molecule has 0 aliphatic carbocycles. The van der Waals surface area contributed by atoms with E-state index in [9.17, 15) is 0 Å². The fourth-order valence-corrected chi connectivity index (χ4v) is 2.74. The quantitative estimate of drug-likeness (QED) is 0.871. The molecule has 1 aliphatic rings. The Bertz CT molecular complexity index is 389. The summed E-state index contributed by atoms with van der Waals surface area (Å²) in [7, 11) is 0. The Morgan fingerprint density at radius 2 is 2.18 bits per heavy atom. The molecule has 3 atom stereocenters. The topological polar surface area (TPSA) is 35.2 Å². The van der Waals surface area contributed by atoms with Crippen LogP contribution in [0.3, 0.4) is 0 Å². The maximum atomic E-state index is 6.34. The molecular formula is C15H23NO. The Morgan fingerprint density at radius 1 is 1.41 bits per heavy atom. The van der Waals surface area contributed by atoms with Gasteiger partial charge in [-0.05, 0) is 44.7 Å². The first kappa shape index (κ1) is 12.6. The van der Waals surface area contributed by atoms with E-state index >= 15 is 0 Å². The number of rotatable bonds is 3. The average molecular weight is 233 g/mol. The Labute approximate surface area is 104 Å². The third-order valence-electron chi connectivity index (χ3n) is 3.95. The molecule has 94 valence electrons. The van der Waals surface area contributed by atoms with E-state index in [0.29, 0.717) is 12.0 Å². The van der Waals surface area contributed by atoms with Gasteiger partial charge in [0.1, 0.15) is 0 Å². The molecule has 1 aromatic rings. The predicted molar refractivity (Wildman–Crippen MR) is 71.1 cm³/mol. The number of hydrogen-bond acceptors (Lipinski definition) is 2. The van der Waals surface area contributed by atoms with Gasteiger partial charge in [0.2, 0.25) is 0 Å². The van der Waals surface area contributed by atoms with E-state index in [4.69, 9.17) is 10.5 Å². The fraction of sp³-hybridized carbons (Fsp3) is 0.600. The standard InChI is InChI=1S/C15H23NO/c1-10-4-5-11(2)13(8-10)9-15(16)14-6-7-17-12(14)3/h4-5,8,12,14-15H,6-7,9,16H2,1-3H3. The summed E-state index contributed by atoms with van der Waals surface area (Å²) in [6.45, 7) is 7.30. The first-order valence-electron chi connectivity index (χ1n) is 6.51. The molecule has 2 nitrogen and oxygen atoms in total. The third kappa shape index (κ3) is 2.88. The first-order chi connectivity index (χ1) is 8.08. The van der Waals surface area contributed by atoms with E-state index in [1.54, 1.807) is 0 Å². The maximum Gasteiger partial charge on any atom is 0.0590 e. The highest BCUT2D eigenvalue weighted by Crippen LogP contribution is 2.25. The van der Waals surface area contributed by atoms with Crippen molar-refractivity contribution in [2.24, 2.45) is 11.7 Å². The normalized spacial score (nSPS) is 26.1. The van der Waals surface area contributed by atoms with Crippen LogP contribution in [0.15, 0.2) is 18.2 Å². The van der Waals surface area contributed by atoms with E-state index in [0.717, 1.165) is 19.4 Å². The summed E-state index contributed by atoms with van der Waals surface area (Å²) in [6, 6.07) is 6.82. The monoisotopic (exact) mass is 233 g/mol. The van der Waals surface area contributed by atoms with Crippen LogP contribution in [0.5, 0.6) is 0 Å². The van der Waals surface area contributed by atoms with Gasteiger partial charge in [0.05, 0.1) is 6.10 Å². The van der Waals surface area contributed by atoms with Gasteiger partial charge < -0.3 is 10.5 Å². The molecule has 1 aliphatic heterocycles. The molecule has 0 amide bonds. The average Bonchev–Trinajstić information content (AvgIpc) is 2.70. The Hall–Kier alpha value is -0.860. The minimum atomic E-state index is 0.216. The number of hydrogen-bond donors (Lipinski definition) is 1. The van der Waals surface area contributed by atoms with Crippen LogP contribution in [-0.2, 0) is 11.2 Å². The van der Waals surface area contributed by atoms with Gasteiger partial charge in [0, 0.05) is 18.6 Å². The molecule has 1 heterocycles. The maximum absolute atomic E-state index is 6.34. The molecular weight excluding hydrogens is 210 g/mol. The zero-order valence-corrected chi connectivity index (χ0v) is 11.1. The molecule has 2 rings (SSSR count). The zero-order chi connectivity index (χ0) is 12.4. The fourth-order valence-electron chi connectivity index (χ4n) is 2.74. The molecule has 3 unspecified atom stereocenters. The molecule has 2 heteroatoms. The van der Waals surface area contributed by atoms with Crippen LogP contribution in [0.2, 0.25) is 0 Å². The first-order valence-corrected chi connectivity index (χ1v) is 6.51. The third-order valence-corrected chi connectivity index (χ3v) is 3.95. The van der Waals surface area contributed by atoms with Crippen molar-refractivity contribution in [2.75, 3.05) is 6.61 Å². The molecule has 2 N–H and O–H groups in total. The van der Waals surface area contributed by atoms with Gasteiger partial charge in [-0.3, -0.25) is 0 Å². The lowest BCUT2D eigenvalue weighted by Gasteiger charge is -2.22. The van der Waals surface area contributed by atoms with Gasteiger partial charge >= 0.3 is 0 Å². The van der Waals surface area contributed by atoms with Crippen molar-refractivity contribution in [2.45, 2.75) is 45.8 Å². The number of nitrogens with two attached hydrogens (primary N) is 1. The molecule has 1 fully saturated rings. The SMILES string of the molecule is Cc1ccc(C)c(CC(N)C2CCOC2C)c1. The lowest BCUT2D eigenvalue weighted by atomic mass is 9.88. The molecule has 0 bridgehead atoms. The van der Waals surface area contributed by atoms with E-state index in [1.807, 2.05) is 0 Å². The van der Waals surface area contributed by atoms with E-state index in [-0.39, 0.29) is 6.04 Å². The number of benzene rings is 1. The highest BCUT2D eigenvalue weighted by Gasteiger charge is 2.29. The van der Waals surface area contributed by atoms with Gasteiger partial charge in [-0.2, -0.15) is 0 Å². The molecule has 1 aromatic carbocycles. The van der Waals surface area contributed by atoms with Crippen LogP contribution in [0, 0.1) is 19.8 Å². The second-order valence-electron chi connectivity index (χ2n) is 5.33. The highest BCUT2D eigenvalue weighted by molar-refractivity contribution is 5.31. The van der Waals surface area contributed by atoms with E-state index < -0.39 is 0 Å². The van der Waals surface area contributed by atoms with Gasteiger partial charge in [0.15, 0.2) is 0 Å².